The maximum absolute atomic E-state index is 13.8. The van der Waals surface area contributed by atoms with E-state index in [1.54, 1.807) is 20.8 Å². The molecule has 11 heteroatoms. The lowest BCUT2D eigenvalue weighted by Gasteiger charge is -2.38. The molecule has 0 bridgehead atoms. The minimum Gasteiger partial charge on any atom is -0.346 e. The van der Waals surface area contributed by atoms with Gasteiger partial charge in [0.25, 0.3) is 5.91 Å². The van der Waals surface area contributed by atoms with Gasteiger partial charge < -0.3 is 15.5 Å². The molecule has 10 nitrogen and oxygen atoms in total. The van der Waals surface area contributed by atoms with Crippen molar-refractivity contribution in [3.05, 3.63) is 12.7 Å². The van der Waals surface area contributed by atoms with Crippen LogP contribution in [-0.4, -0.2) is 73.3 Å². The van der Waals surface area contributed by atoms with Crippen molar-refractivity contribution in [1.82, 2.24) is 20.3 Å². The number of Topliss-reactive ketones (excluding diaryl/α,β-unsaturated/α-hetero) is 1. The van der Waals surface area contributed by atoms with Gasteiger partial charge in [0, 0.05) is 13.1 Å². The van der Waals surface area contributed by atoms with E-state index in [0.29, 0.717) is 13.0 Å². The molecule has 1 saturated heterocycles. The molecule has 1 aliphatic carbocycles. The molecule has 1 heterocycles. The molecule has 1 saturated carbocycles. The molecular weight excluding hydrogens is 496 g/mol. The summed E-state index contributed by atoms with van der Waals surface area (Å²) in [6.45, 7) is 18.2. The Morgan fingerprint density at radius 1 is 1.16 bits per heavy atom. The summed E-state index contributed by atoms with van der Waals surface area (Å²) < 4.78 is 27.9. The molecule has 0 aromatic heterocycles. The van der Waals surface area contributed by atoms with Crippen molar-refractivity contribution in [1.29, 1.82) is 0 Å². The third-order valence-electron chi connectivity index (χ3n) is 7.62. The van der Waals surface area contributed by atoms with E-state index in [4.69, 9.17) is 0 Å². The van der Waals surface area contributed by atoms with Crippen molar-refractivity contribution in [2.75, 3.05) is 13.1 Å². The number of nitrogens with zero attached hydrogens (tertiary/aromatic N) is 1. The number of sulfonamides is 1. The summed E-state index contributed by atoms with van der Waals surface area (Å²) in [6, 6.07) is -2.98. The predicted octanol–water partition coefficient (Wildman–Crippen LogP) is 1.37. The highest BCUT2D eigenvalue weighted by Crippen LogP contribution is 2.65. The molecule has 0 aromatic carbocycles. The zero-order valence-electron chi connectivity index (χ0n) is 23.4. The number of hydrogen-bond acceptors (Lipinski definition) is 6. The number of hydrogen-bond donors (Lipinski definition) is 3. The maximum Gasteiger partial charge on any atom is 0.289 e. The first-order chi connectivity index (χ1) is 16.9. The van der Waals surface area contributed by atoms with Crippen molar-refractivity contribution in [3.8, 4) is 0 Å². The van der Waals surface area contributed by atoms with Crippen molar-refractivity contribution >= 4 is 33.5 Å². The zero-order valence-corrected chi connectivity index (χ0v) is 24.2. The van der Waals surface area contributed by atoms with Crippen LogP contribution in [0.25, 0.3) is 0 Å². The normalized spacial score (nSPS) is 24.1. The Balaban J connectivity index is 2.35. The van der Waals surface area contributed by atoms with Gasteiger partial charge in [-0.25, -0.2) is 13.1 Å². The lowest BCUT2D eigenvalue weighted by Crippen LogP contribution is -2.61. The van der Waals surface area contributed by atoms with E-state index in [9.17, 15) is 27.6 Å². The first-order valence-electron chi connectivity index (χ1n) is 13.0. The summed E-state index contributed by atoms with van der Waals surface area (Å²) in [5.41, 5.74) is -0.939. The topological polar surface area (TPSA) is 142 Å². The molecule has 2 fully saturated rings. The molecule has 5 unspecified atom stereocenters. The SMILES string of the molecule is C=CCNC(=O)C(=O)C(CCC)NC(=O)C1C2C(CN1C(=O)C(NS(=O)(=O)C(C)C)C(C)(C)C)C2(C)C. The van der Waals surface area contributed by atoms with Gasteiger partial charge in [0.05, 0.1) is 11.3 Å². The average Bonchev–Trinajstić information content (AvgIpc) is 3.12. The van der Waals surface area contributed by atoms with Crippen LogP contribution in [0.4, 0.5) is 0 Å². The highest BCUT2D eigenvalue weighted by molar-refractivity contribution is 7.90. The second kappa shape index (κ2) is 11.2. The number of nitrogens with one attached hydrogen (secondary N) is 3. The van der Waals surface area contributed by atoms with E-state index in [1.165, 1.54) is 24.8 Å². The van der Waals surface area contributed by atoms with Crippen LogP contribution in [0, 0.1) is 22.7 Å². The van der Waals surface area contributed by atoms with Crippen molar-refractivity contribution in [3.63, 3.8) is 0 Å². The van der Waals surface area contributed by atoms with E-state index in [0.717, 1.165) is 0 Å². The lowest BCUT2D eigenvalue weighted by atomic mass is 9.86. The van der Waals surface area contributed by atoms with Crippen LogP contribution in [0.2, 0.25) is 0 Å². The Hall–Kier alpha value is -2.27. The second-order valence-corrected chi connectivity index (χ2v) is 14.4. The largest absolute Gasteiger partial charge is 0.346 e. The van der Waals surface area contributed by atoms with E-state index in [2.05, 4.69) is 21.9 Å². The first-order valence-corrected chi connectivity index (χ1v) is 14.5. The third kappa shape index (κ3) is 6.60. The molecule has 0 spiro atoms. The Morgan fingerprint density at radius 3 is 2.24 bits per heavy atom. The minimum absolute atomic E-state index is 0.0748. The van der Waals surface area contributed by atoms with E-state index in [1.807, 2.05) is 20.8 Å². The molecule has 2 rings (SSSR count). The summed E-state index contributed by atoms with van der Waals surface area (Å²) >= 11 is 0. The standard InChI is InChI=1S/C26H44N4O6S/c1-10-12-17(20(31)23(33)27-13-11-2)28-22(32)19-18-16(26(18,8)9)14-30(19)24(34)21(25(5,6)7)29-37(35,36)15(3)4/h11,15-19,21,29H,2,10,12-14H2,1,3-9H3,(H,27,33)(H,28,32). The zero-order chi connectivity index (χ0) is 28.5. The van der Waals surface area contributed by atoms with Gasteiger partial charge in [-0.05, 0) is 42.9 Å². The number of amides is 3. The Bertz CT molecular complexity index is 1030. The second-order valence-electron chi connectivity index (χ2n) is 12.1. The van der Waals surface area contributed by atoms with E-state index in [-0.39, 0.29) is 30.2 Å². The first kappa shape index (κ1) is 31.0. The number of carbonyl (C=O) groups excluding carboxylic acids is 4. The van der Waals surface area contributed by atoms with Crippen molar-refractivity contribution in [2.45, 2.75) is 91.6 Å². The van der Waals surface area contributed by atoms with Crippen LogP contribution in [0.1, 0.15) is 68.2 Å². The number of rotatable bonds is 12. The molecular formula is C26H44N4O6S. The molecule has 1 aliphatic heterocycles. The molecule has 210 valence electrons. The molecule has 0 aromatic rings. The molecule has 0 radical (unpaired) electrons. The van der Waals surface area contributed by atoms with E-state index < -0.39 is 62.3 Å². The Labute approximate surface area is 221 Å². The number of piperidine rings is 1. The molecule has 5 atom stereocenters. The number of fused-ring (bicyclic) bond motifs is 1. The summed E-state index contributed by atoms with van der Waals surface area (Å²) in [6.07, 6.45) is 2.28. The predicted molar refractivity (Wildman–Crippen MR) is 142 cm³/mol. The maximum atomic E-state index is 13.8. The molecule has 3 N–H and O–H groups in total. The summed E-state index contributed by atoms with van der Waals surface area (Å²) in [5, 5.41) is 4.45. The van der Waals surface area contributed by atoms with Crippen LogP contribution in [0.5, 0.6) is 0 Å². The minimum atomic E-state index is -3.77. The van der Waals surface area contributed by atoms with Crippen molar-refractivity contribution < 1.29 is 27.6 Å². The fourth-order valence-electron chi connectivity index (χ4n) is 5.10. The lowest BCUT2D eigenvalue weighted by molar-refractivity contribution is -0.145. The summed E-state index contributed by atoms with van der Waals surface area (Å²) in [5.74, 6) is -2.59. The summed E-state index contributed by atoms with van der Waals surface area (Å²) in [4.78, 5) is 54.0. The van der Waals surface area contributed by atoms with Gasteiger partial charge in [-0.1, -0.05) is 54.0 Å². The molecule has 37 heavy (non-hydrogen) atoms. The quantitative estimate of drug-likeness (QED) is 0.252. The average molecular weight is 541 g/mol. The van der Waals surface area contributed by atoms with Gasteiger partial charge in [-0.15, -0.1) is 6.58 Å². The Kier molecular flexibility index (Phi) is 9.39. The smallest absolute Gasteiger partial charge is 0.289 e. The van der Waals surface area contributed by atoms with Gasteiger partial charge in [0.1, 0.15) is 12.1 Å². The van der Waals surface area contributed by atoms with Crippen LogP contribution in [0.15, 0.2) is 12.7 Å². The van der Waals surface area contributed by atoms with Crippen LogP contribution in [0.3, 0.4) is 0 Å². The van der Waals surface area contributed by atoms with Gasteiger partial charge in [0.15, 0.2) is 0 Å². The highest BCUT2D eigenvalue weighted by Gasteiger charge is 2.70. The van der Waals surface area contributed by atoms with E-state index >= 15 is 0 Å². The number of ketones is 1. The van der Waals surface area contributed by atoms with Gasteiger partial charge in [-0.3, -0.25) is 19.2 Å². The van der Waals surface area contributed by atoms with Crippen LogP contribution >= 0.6 is 0 Å². The fourth-order valence-corrected chi connectivity index (χ4v) is 6.16. The third-order valence-corrected chi connectivity index (χ3v) is 9.42. The van der Waals surface area contributed by atoms with Gasteiger partial charge in [0.2, 0.25) is 27.6 Å². The fraction of sp³-hybridized carbons (Fsp3) is 0.769. The van der Waals surface area contributed by atoms with Crippen LogP contribution in [-0.2, 0) is 29.2 Å². The van der Waals surface area contributed by atoms with Crippen LogP contribution < -0.4 is 15.4 Å². The van der Waals surface area contributed by atoms with Gasteiger partial charge >= 0.3 is 0 Å². The van der Waals surface area contributed by atoms with Crippen molar-refractivity contribution in [2.24, 2.45) is 22.7 Å². The highest BCUT2D eigenvalue weighted by atomic mass is 32.2. The van der Waals surface area contributed by atoms with Gasteiger partial charge in [-0.2, -0.15) is 0 Å². The summed E-state index contributed by atoms with van der Waals surface area (Å²) in [7, 11) is -3.77. The monoisotopic (exact) mass is 540 g/mol. The number of likely N-dealkylation sites (tertiary alicyclic amines) is 1. The number of carbonyl (C=O) groups is 4. The molecule has 3 amide bonds. The molecule has 2 aliphatic rings. The Morgan fingerprint density at radius 2 is 1.76 bits per heavy atom.